The van der Waals surface area contributed by atoms with Crippen molar-refractivity contribution in [2.24, 2.45) is 5.41 Å². The van der Waals surface area contributed by atoms with Gasteiger partial charge in [0.05, 0.1) is 12.3 Å². The lowest BCUT2D eigenvalue weighted by atomic mass is 9.83. The highest BCUT2D eigenvalue weighted by Crippen LogP contribution is 2.40. The number of likely N-dealkylation sites (tertiary alicyclic amines) is 1. The summed E-state index contributed by atoms with van der Waals surface area (Å²) in [6.45, 7) is 3.57. The van der Waals surface area contributed by atoms with Gasteiger partial charge in [0.25, 0.3) is 5.91 Å². The number of aliphatic hydroxyl groups is 1. The van der Waals surface area contributed by atoms with Gasteiger partial charge in [0, 0.05) is 30.5 Å². The van der Waals surface area contributed by atoms with E-state index in [9.17, 15) is 9.90 Å². The molecular formula is C15H22N2O3. The first-order valence-electron chi connectivity index (χ1n) is 7.54. The van der Waals surface area contributed by atoms with E-state index in [0.717, 1.165) is 37.8 Å². The molecule has 1 amide bonds. The van der Waals surface area contributed by atoms with E-state index in [1.165, 1.54) is 0 Å². The summed E-state index contributed by atoms with van der Waals surface area (Å²) in [7, 11) is 0. The van der Waals surface area contributed by atoms with Crippen LogP contribution in [-0.4, -0.2) is 40.8 Å². The van der Waals surface area contributed by atoms with Gasteiger partial charge in [-0.25, -0.2) is 0 Å². The molecule has 1 aromatic rings. The summed E-state index contributed by atoms with van der Waals surface area (Å²) in [6.07, 6.45) is 5.14. The highest BCUT2D eigenvalue weighted by molar-refractivity contribution is 5.91. The molecule has 1 aromatic heterocycles. The second kappa shape index (κ2) is 5.20. The number of hydrogen-bond acceptors (Lipinski definition) is 4. The van der Waals surface area contributed by atoms with Crippen LogP contribution in [0.25, 0.3) is 0 Å². The number of carbonyl (C=O) groups is 1. The summed E-state index contributed by atoms with van der Waals surface area (Å²) in [5, 5.41) is 13.6. The highest BCUT2D eigenvalue weighted by atomic mass is 16.5. The van der Waals surface area contributed by atoms with Crippen LogP contribution in [0, 0.1) is 5.41 Å². The quantitative estimate of drug-likeness (QED) is 0.896. The van der Waals surface area contributed by atoms with E-state index in [2.05, 4.69) is 12.1 Å². The molecule has 2 heterocycles. The molecule has 2 aliphatic rings. The van der Waals surface area contributed by atoms with Gasteiger partial charge in [-0.05, 0) is 25.7 Å². The van der Waals surface area contributed by atoms with Gasteiger partial charge in [0.2, 0.25) is 5.76 Å². The Morgan fingerprint density at radius 1 is 1.60 bits per heavy atom. The van der Waals surface area contributed by atoms with Crippen LogP contribution in [0.1, 0.15) is 61.2 Å². The first-order valence-corrected chi connectivity index (χ1v) is 7.54. The second-order valence-corrected chi connectivity index (χ2v) is 6.28. The van der Waals surface area contributed by atoms with E-state index in [1.807, 2.05) is 0 Å². The molecule has 0 radical (unpaired) electrons. The van der Waals surface area contributed by atoms with Crippen LogP contribution in [0.4, 0.5) is 0 Å². The van der Waals surface area contributed by atoms with Gasteiger partial charge in [-0.2, -0.15) is 0 Å². The summed E-state index contributed by atoms with van der Waals surface area (Å²) >= 11 is 0. The maximum atomic E-state index is 12.4. The average Bonchev–Trinajstić information content (AvgIpc) is 3.04. The van der Waals surface area contributed by atoms with Gasteiger partial charge < -0.3 is 14.5 Å². The largest absolute Gasteiger partial charge is 0.396 e. The third-order valence-electron chi connectivity index (χ3n) is 4.58. The zero-order valence-electron chi connectivity index (χ0n) is 12.0. The predicted octanol–water partition coefficient (Wildman–Crippen LogP) is 2.18. The topological polar surface area (TPSA) is 66.6 Å². The van der Waals surface area contributed by atoms with Gasteiger partial charge in [0.15, 0.2) is 0 Å². The molecule has 5 nitrogen and oxygen atoms in total. The van der Waals surface area contributed by atoms with Crippen molar-refractivity contribution in [3.63, 3.8) is 0 Å². The standard InChI is InChI=1S/C15H22N2O3/c1-2-5-15(10-18)6-7-17(9-15)14(19)13-8-12(16-20-13)11-3-4-11/h8,11,18H,2-7,9-10H2,1H3. The molecule has 1 saturated heterocycles. The Bertz CT molecular complexity index is 495. The Balaban J connectivity index is 1.68. The van der Waals surface area contributed by atoms with E-state index in [4.69, 9.17) is 4.52 Å². The van der Waals surface area contributed by atoms with Crippen LogP contribution in [-0.2, 0) is 0 Å². The number of nitrogens with zero attached hydrogens (tertiary/aromatic N) is 2. The van der Waals surface area contributed by atoms with Gasteiger partial charge in [-0.3, -0.25) is 4.79 Å². The van der Waals surface area contributed by atoms with Crippen molar-refractivity contribution in [2.45, 2.75) is 44.9 Å². The lowest BCUT2D eigenvalue weighted by Crippen LogP contribution is -2.33. The Morgan fingerprint density at radius 2 is 2.40 bits per heavy atom. The molecule has 2 fully saturated rings. The van der Waals surface area contributed by atoms with E-state index in [-0.39, 0.29) is 17.9 Å². The smallest absolute Gasteiger partial charge is 0.292 e. The molecular weight excluding hydrogens is 256 g/mol. The fourth-order valence-electron chi connectivity index (χ4n) is 3.17. The lowest BCUT2D eigenvalue weighted by molar-refractivity contribution is 0.0690. The van der Waals surface area contributed by atoms with E-state index in [0.29, 0.717) is 24.8 Å². The van der Waals surface area contributed by atoms with E-state index >= 15 is 0 Å². The molecule has 1 N–H and O–H groups in total. The van der Waals surface area contributed by atoms with Crippen molar-refractivity contribution in [3.8, 4) is 0 Å². The summed E-state index contributed by atoms with van der Waals surface area (Å²) in [4.78, 5) is 14.2. The number of carbonyl (C=O) groups excluding carboxylic acids is 1. The number of aromatic nitrogens is 1. The third-order valence-corrected chi connectivity index (χ3v) is 4.58. The fourth-order valence-corrected chi connectivity index (χ4v) is 3.17. The normalized spacial score (nSPS) is 26.2. The van der Waals surface area contributed by atoms with Crippen molar-refractivity contribution < 1.29 is 14.4 Å². The molecule has 1 atom stereocenters. The lowest BCUT2D eigenvalue weighted by Gasteiger charge is -2.26. The molecule has 5 heteroatoms. The van der Waals surface area contributed by atoms with E-state index < -0.39 is 0 Å². The SMILES string of the molecule is CCCC1(CO)CCN(C(=O)c2cc(C3CC3)no2)C1. The van der Waals surface area contributed by atoms with E-state index in [1.54, 1.807) is 11.0 Å². The molecule has 1 unspecified atom stereocenters. The van der Waals surface area contributed by atoms with Crippen LogP contribution in [0.2, 0.25) is 0 Å². The summed E-state index contributed by atoms with van der Waals surface area (Å²) in [6, 6.07) is 1.79. The maximum absolute atomic E-state index is 12.4. The van der Waals surface area contributed by atoms with Crippen LogP contribution in [0.3, 0.4) is 0 Å². The Morgan fingerprint density at radius 3 is 3.05 bits per heavy atom. The molecule has 1 aliphatic heterocycles. The van der Waals surface area contributed by atoms with Crippen molar-refractivity contribution in [2.75, 3.05) is 19.7 Å². The Kier molecular flexibility index (Phi) is 3.54. The molecule has 3 rings (SSSR count). The predicted molar refractivity (Wildman–Crippen MR) is 73.4 cm³/mol. The molecule has 0 bridgehead atoms. The van der Waals surface area contributed by atoms with Crippen LogP contribution in [0.5, 0.6) is 0 Å². The Hall–Kier alpha value is -1.36. The first-order chi connectivity index (χ1) is 9.67. The van der Waals surface area contributed by atoms with Gasteiger partial charge in [-0.1, -0.05) is 18.5 Å². The average molecular weight is 278 g/mol. The minimum Gasteiger partial charge on any atom is -0.396 e. The Labute approximate surface area is 118 Å². The summed E-state index contributed by atoms with van der Waals surface area (Å²) in [5.74, 6) is 0.753. The number of hydrogen-bond donors (Lipinski definition) is 1. The first kappa shape index (κ1) is 13.6. The van der Waals surface area contributed by atoms with Crippen molar-refractivity contribution in [1.29, 1.82) is 0 Å². The molecule has 20 heavy (non-hydrogen) atoms. The molecule has 110 valence electrons. The molecule has 0 spiro atoms. The third kappa shape index (κ3) is 2.46. The number of aliphatic hydroxyl groups excluding tert-OH is 1. The van der Waals surface area contributed by atoms with Crippen LogP contribution >= 0.6 is 0 Å². The van der Waals surface area contributed by atoms with Crippen molar-refractivity contribution in [3.05, 3.63) is 17.5 Å². The second-order valence-electron chi connectivity index (χ2n) is 6.28. The van der Waals surface area contributed by atoms with Crippen molar-refractivity contribution in [1.82, 2.24) is 10.1 Å². The zero-order valence-corrected chi connectivity index (χ0v) is 12.0. The highest BCUT2D eigenvalue weighted by Gasteiger charge is 2.40. The van der Waals surface area contributed by atoms with Crippen LogP contribution < -0.4 is 0 Å². The van der Waals surface area contributed by atoms with Crippen molar-refractivity contribution >= 4 is 5.91 Å². The number of amides is 1. The summed E-state index contributed by atoms with van der Waals surface area (Å²) < 4.78 is 5.20. The van der Waals surface area contributed by atoms with Gasteiger partial charge >= 0.3 is 0 Å². The van der Waals surface area contributed by atoms with Gasteiger partial charge in [-0.15, -0.1) is 0 Å². The minimum atomic E-state index is -0.121. The molecule has 1 saturated carbocycles. The molecule has 0 aromatic carbocycles. The fraction of sp³-hybridized carbons (Fsp3) is 0.733. The zero-order chi connectivity index (χ0) is 14.2. The van der Waals surface area contributed by atoms with Crippen LogP contribution in [0.15, 0.2) is 10.6 Å². The number of rotatable bonds is 5. The summed E-state index contributed by atoms with van der Waals surface area (Å²) in [5.41, 5.74) is 0.790. The van der Waals surface area contributed by atoms with Gasteiger partial charge in [0.1, 0.15) is 0 Å². The molecule has 1 aliphatic carbocycles. The monoisotopic (exact) mass is 278 g/mol. The maximum Gasteiger partial charge on any atom is 0.292 e. The minimum absolute atomic E-state index is 0.0872.